The summed E-state index contributed by atoms with van der Waals surface area (Å²) in [7, 11) is 0. The molecule has 1 fully saturated rings. The second-order valence-corrected chi connectivity index (χ2v) is 8.35. The fourth-order valence-electron chi connectivity index (χ4n) is 4.16. The minimum Gasteiger partial charge on any atom is -0.508 e. The van der Waals surface area contributed by atoms with Gasteiger partial charge in [-0.2, -0.15) is 4.80 Å². The predicted octanol–water partition coefficient (Wildman–Crippen LogP) is 1.57. The lowest BCUT2D eigenvalue weighted by atomic mass is 10.0. The molecule has 4 rings (SSSR count). The Hall–Kier alpha value is -3.73. The van der Waals surface area contributed by atoms with Gasteiger partial charge in [0.05, 0.1) is 6.61 Å². The number of aliphatic hydroxyl groups is 1. The number of nitrogens with one attached hydrogen (secondary N) is 1. The largest absolute Gasteiger partial charge is 0.508 e. The third kappa shape index (κ3) is 5.42. The van der Waals surface area contributed by atoms with Gasteiger partial charge in [-0.15, -0.1) is 10.2 Å². The molecule has 3 aromatic rings. The normalized spacial score (nSPS) is 14.8. The minimum atomic E-state index is -0.989. The number of aliphatic hydroxyl groups excluding tert-OH is 1. The van der Waals surface area contributed by atoms with Crippen LogP contribution in [0.2, 0.25) is 0 Å². The van der Waals surface area contributed by atoms with Crippen molar-refractivity contribution < 1.29 is 24.2 Å². The number of aromatic hydroxyl groups is 1. The number of furan rings is 1. The number of phenols is 1. The standard InChI is InChI=1S/C23H28N6O5/c1-15-6-11-19(34-15)22-25-27-29(26-22)14-20(32)28(12-13-30)21(16-7-9-18(31)10-8-16)23(33)24-17-4-2-3-5-17/h6-11,17,21,30-31H,2-5,12-14H2,1H3,(H,24,33). The van der Waals surface area contributed by atoms with Gasteiger partial charge in [-0.3, -0.25) is 9.59 Å². The highest BCUT2D eigenvalue weighted by Gasteiger charge is 2.33. The molecule has 34 heavy (non-hydrogen) atoms. The Morgan fingerprint density at radius 2 is 1.94 bits per heavy atom. The molecule has 1 unspecified atom stereocenters. The topological polar surface area (TPSA) is 147 Å². The molecular formula is C23H28N6O5. The van der Waals surface area contributed by atoms with Gasteiger partial charge in [-0.05, 0) is 54.8 Å². The molecule has 1 aliphatic rings. The van der Waals surface area contributed by atoms with Crippen LogP contribution in [0.5, 0.6) is 5.75 Å². The van der Waals surface area contributed by atoms with Crippen LogP contribution in [-0.4, -0.2) is 66.3 Å². The lowest BCUT2D eigenvalue weighted by Crippen LogP contribution is -2.48. The Kier molecular flexibility index (Phi) is 7.21. The number of aromatic nitrogens is 4. The number of nitrogens with zero attached hydrogens (tertiary/aromatic N) is 5. The first-order valence-electron chi connectivity index (χ1n) is 11.3. The highest BCUT2D eigenvalue weighted by Crippen LogP contribution is 2.26. The number of carbonyl (C=O) groups is 2. The number of hydrogen-bond donors (Lipinski definition) is 3. The maximum absolute atomic E-state index is 13.3. The predicted molar refractivity (Wildman–Crippen MR) is 120 cm³/mol. The molecule has 2 aromatic heterocycles. The summed E-state index contributed by atoms with van der Waals surface area (Å²) < 4.78 is 5.49. The first kappa shape index (κ1) is 23.4. The molecule has 1 saturated carbocycles. The molecule has 0 spiro atoms. The average Bonchev–Trinajstić information content (AvgIpc) is 3.57. The third-order valence-corrected chi connectivity index (χ3v) is 5.82. The van der Waals surface area contributed by atoms with Crippen LogP contribution in [0.25, 0.3) is 11.6 Å². The Morgan fingerprint density at radius 1 is 1.21 bits per heavy atom. The van der Waals surface area contributed by atoms with Crippen LogP contribution < -0.4 is 5.32 Å². The SMILES string of the molecule is Cc1ccc(-c2nnn(CC(=O)N(CCO)C(C(=O)NC3CCCC3)c3ccc(O)cc3)n2)o1. The van der Waals surface area contributed by atoms with E-state index in [2.05, 4.69) is 20.7 Å². The number of phenolic OH excluding ortho intramolecular Hbond substituents is 1. The van der Waals surface area contributed by atoms with Crippen LogP contribution in [-0.2, 0) is 16.1 Å². The van der Waals surface area contributed by atoms with Gasteiger partial charge >= 0.3 is 0 Å². The molecule has 0 saturated heterocycles. The van der Waals surface area contributed by atoms with Crippen LogP contribution in [0.1, 0.15) is 43.0 Å². The first-order valence-corrected chi connectivity index (χ1v) is 11.3. The minimum absolute atomic E-state index is 0.0474. The molecule has 2 heterocycles. The van der Waals surface area contributed by atoms with Gasteiger partial charge in [0.15, 0.2) is 5.76 Å². The van der Waals surface area contributed by atoms with E-state index in [1.165, 1.54) is 17.0 Å². The van der Waals surface area contributed by atoms with Crippen molar-refractivity contribution in [3.8, 4) is 17.3 Å². The average molecular weight is 469 g/mol. The molecular weight excluding hydrogens is 440 g/mol. The molecule has 11 nitrogen and oxygen atoms in total. The number of tetrazole rings is 1. The van der Waals surface area contributed by atoms with E-state index in [-0.39, 0.29) is 43.2 Å². The molecule has 0 aliphatic heterocycles. The number of hydrogen-bond acceptors (Lipinski definition) is 8. The zero-order valence-corrected chi connectivity index (χ0v) is 18.9. The molecule has 3 N–H and O–H groups in total. The highest BCUT2D eigenvalue weighted by molar-refractivity contribution is 5.89. The summed E-state index contributed by atoms with van der Waals surface area (Å²) in [6, 6.07) is 8.66. The van der Waals surface area contributed by atoms with Crippen molar-refractivity contribution in [3.63, 3.8) is 0 Å². The van der Waals surface area contributed by atoms with Crippen molar-refractivity contribution in [1.29, 1.82) is 0 Å². The molecule has 1 atom stereocenters. The van der Waals surface area contributed by atoms with Crippen LogP contribution >= 0.6 is 0 Å². The van der Waals surface area contributed by atoms with Crippen LogP contribution in [0.15, 0.2) is 40.8 Å². The summed E-state index contributed by atoms with van der Waals surface area (Å²) in [5, 5.41) is 34.5. The summed E-state index contributed by atoms with van der Waals surface area (Å²) in [6.07, 6.45) is 3.87. The number of aryl methyl sites for hydroxylation is 1. The number of rotatable bonds is 9. The fourth-order valence-corrected chi connectivity index (χ4v) is 4.16. The second kappa shape index (κ2) is 10.5. The molecule has 2 amide bonds. The van der Waals surface area contributed by atoms with Crippen molar-refractivity contribution in [2.75, 3.05) is 13.2 Å². The molecule has 180 valence electrons. The molecule has 0 radical (unpaired) electrons. The van der Waals surface area contributed by atoms with Crippen molar-refractivity contribution in [3.05, 3.63) is 47.7 Å². The van der Waals surface area contributed by atoms with E-state index in [4.69, 9.17) is 4.42 Å². The lowest BCUT2D eigenvalue weighted by Gasteiger charge is -2.31. The highest BCUT2D eigenvalue weighted by atomic mass is 16.3. The Balaban J connectivity index is 1.57. The molecule has 11 heteroatoms. The summed E-state index contributed by atoms with van der Waals surface area (Å²) in [5.41, 5.74) is 0.522. The second-order valence-electron chi connectivity index (χ2n) is 8.35. The van der Waals surface area contributed by atoms with E-state index in [0.717, 1.165) is 30.5 Å². The molecule has 1 aliphatic carbocycles. The Morgan fingerprint density at radius 3 is 2.59 bits per heavy atom. The van der Waals surface area contributed by atoms with Crippen molar-refractivity contribution >= 4 is 11.8 Å². The van der Waals surface area contributed by atoms with Gasteiger partial charge in [-0.25, -0.2) is 0 Å². The third-order valence-electron chi connectivity index (χ3n) is 5.82. The van der Waals surface area contributed by atoms with E-state index in [1.807, 2.05) is 0 Å². The van der Waals surface area contributed by atoms with E-state index < -0.39 is 11.9 Å². The van der Waals surface area contributed by atoms with E-state index in [1.54, 1.807) is 31.2 Å². The molecule has 1 aromatic carbocycles. The van der Waals surface area contributed by atoms with Crippen molar-refractivity contribution in [1.82, 2.24) is 30.4 Å². The van der Waals surface area contributed by atoms with Gasteiger partial charge in [0.1, 0.15) is 24.1 Å². The monoisotopic (exact) mass is 468 g/mol. The maximum Gasteiger partial charge on any atom is 0.247 e. The zero-order valence-electron chi connectivity index (χ0n) is 18.9. The number of benzene rings is 1. The Labute approximate surface area is 196 Å². The summed E-state index contributed by atoms with van der Waals surface area (Å²) >= 11 is 0. The Bertz CT molecular complexity index is 1120. The van der Waals surface area contributed by atoms with Crippen LogP contribution in [0.4, 0.5) is 0 Å². The van der Waals surface area contributed by atoms with Crippen molar-refractivity contribution in [2.45, 2.75) is 51.2 Å². The maximum atomic E-state index is 13.3. The fraction of sp³-hybridized carbons (Fsp3) is 0.435. The van der Waals surface area contributed by atoms with E-state index in [0.29, 0.717) is 17.1 Å². The van der Waals surface area contributed by atoms with Gasteiger partial charge in [0.25, 0.3) is 0 Å². The smallest absolute Gasteiger partial charge is 0.247 e. The van der Waals surface area contributed by atoms with Gasteiger partial charge in [0.2, 0.25) is 17.6 Å². The lowest BCUT2D eigenvalue weighted by molar-refractivity contribution is -0.142. The van der Waals surface area contributed by atoms with E-state index in [9.17, 15) is 19.8 Å². The van der Waals surface area contributed by atoms with Gasteiger partial charge < -0.3 is 24.8 Å². The zero-order chi connectivity index (χ0) is 24.1. The summed E-state index contributed by atoms with van der Waals surface area (Å²) in [5.74, 6) is 0.615. The van der Waals surface area contributed by atoms with Gasteiger partial charge in [-0.1, -0.05) is 25.0 Å². The first-order chi connectivity index (χ1) is 16.4. The van der Waals surface area contributed by atoms with Crippen LogP contribution in [0, 0.1) is 6.92 Å². The molecule has 0 bridgehead atoms. The van der Waals surface area contributed by atoms with Gasteiger partial charge in [0, 0.05) is 12.6 Å². The van der Waals surface area contributed by atoms with Crippen LogP contribution in [0.3, 0.4) is 0 Å². The quantitative estimate of drug-likeness (QED) is 0.429. The summed E-state index contributed by atoms with van der Waals surface area (Å²) in [6.45, 7) is 1.11. The van der Waals surface area contributed by atoms with Crippen molar-refractivity contribution in [2.24, 2.45) is 0 Å². The number of carbonyl (C=O) groups excluding carboxylic acids is 2. The van der Waals surface area contributed by atoms with E-state index >= 15 is 0 Å². The summed E-state index contributed by atoms with van der Waals surface area (Å²) in [4.78, 5) is 29.1. The number of amides is 2.